The average molecular weight is 430 g/mol. The average Bonchev–Trinajstić information content (AvgIpc) is 2.65. The van der Waals surface area contributed by atoms with Gasteiger partial charge in [0.1, 0.15) is 11.5 Å². The van der Waals surface area contributed by atoms with Crippen LogP contribution in [0, 0.1) is 0 Å². The molecule has 1 atom stereocenters. The maximum Gasteiger partial charge on any atom is 0.534 e. The molecule has 0 aliphatic carbocycles. The Bertz CT molecular complexity index is 860. The highest BCUT2D eigenvalue weighted by molar-refractivity contribution is 7.88. The highest BCUT2D eigenvalue weighted by Gasteiger charge is 2.48. The minimum atomic E-state index is -5.67. The molecule has 0 aliphatic heterocycles. The van der Waals surface area contributed by atoms with Crippen molar-refractivity contribution in [3.05, 3.63) is 48.5 Å². The molecule has 0 spiro atoms. The van der Waals surface area contributed by atoms with Crippen molar-refractivity contribution in [2.75, 3.05) is 0 Å². The summed E-state index contributed by atoms with van der Waals surface area (Å²) in [6, 6.07) is 12.7. The Balaban J connectivity index is 1.96. The van der Waals surface area contributed by atoms with E-state index in [4.69, 9.17) is 4.74 Å². The second-order valence-electron chi connectivity index (χ2n) is 6.81. The van der Waals surface area contributed by atoms with E-state index >= 15 is 0 Å². The molecule has 2 aromatic rings. The van der Waals surface area contributed by atoms with Crippen molar-refractivity contribution in [1.29, 1.82) is 0 Å². The second kappa shape index (κ2) is 10.0. The van der Waals surface area contributed by atoms with Crippen LogP contribution in [0.4, 0.5) is 13.2 Å². The minimum Gasteiger partial charge on any atom is -0.491 e. The summed E-state index contributed by atoms with van der Waals surface area (Å²) in [6.45, 7) is 4.21. The summed E-state index contributed by atoms with van der Waals surface area (Å²) in [6.07, 6.45) is 5.86. The van der Waals surface area contributed by atoms with E-state index in [1.165, 1.54) is 43.5 Å². The van der Waals surface area contributed by atoms with E-state index in [-0.39, 0.29) is 6.10 Å². The van der Waals surface area contributed by atoms with Gasteiger partial charge in [-0.1, -0.05) is 50.5 Å². The van der Waals surface area contributed by atoms with Crippen molar-refractivity contribution in [3.8, 4) is 22.6 Å². The Morgan fingerprint density at radius 3 is 1.86 bits per heavy atom. The van der Waals surface area contributed by atoms with Crippen molar-refractivity contribution in [2.45, 2.75) is 57.6 Å². The van der Waals surface area contributed by atoms with E-state index in [1.54, 1.807) is 0 Å². The number of alkyl halides is 3. The van der Waals surface area contributed by atoms with Gasteiger partial charge in [0.05, 0.1) is 6.10 Å². The van der Waals surface area contributed by atoms with E-state index in [9.17, 15) is 21.6 Å². The number of benzene rings is 2. The first-order chi connectivity index (χ1) is 13.6. The first kappa shape index (κ1) is 23.1. The number of hydrogen-bond acceptors (Lipinski definition) is 4. The molecule has 0 bridgehead atoms. The molecule has 0 unspecified atom stereocenters. The lowest BCUT2D eigenvalue weighted by molar-refractivity contribution is -0.0500. The number of ether oxygens (including phenoxy) is 1. The number of unbranched alkanes of at least 4 members (excludes halogenated alkanes) is 3. The normalized spacial score (nSPS) is 13.1. The van der Waals surface area contributed by atoms with Crippen LogP contribution in [0.15, 0.2) is 48.5 Å². The van der Waals surface area contributed by atoms with Crippen LogP contribution in [0.3, 0.4) is 0 Å². The zero-order chi connectivity index (χ0) is 21.5. The van der Waals surface area contributed by atoms with Gasteiger partial charge in [-0.2, -0.15) is 21.6 Å². The molecule has 0 radical (unpaired) electrons. The molecule has 0 aromatic heterocycles. The molecule has 160 valence electrons. The molecule has 0 fully saturated rings. The molecule has 29 heavy (non-hydrogen) atoms. The molecule has 0 aliphatic rings. The predicted octanol–water partition coefficient (Wildman–Crippen LogP) is 6.32. The van der Waals surface area contributed by atoms with E-state index < -0.39 is 21.4 Å². The molecule has 0 saturated carbocycles. The van der Waals surface area contributed by atoms with Crippen molar-refractivity contribution >= 4 is 10.1 Å². The summed E-state index contributed by atoms with van der Waals surface area (Å²) < 4.78 is 69.2. The van der Waals surface area contributed by atoms with Crippen molar-refractivity contribution < 1.29 is 30.5 Å². The fourth-order valence-corrected chi connectivity index (χ4v) is 3.21. The van der Waals surface area contributed by atoms with Gasteiger partial charge in [0, 0.05) is 0 Å². The summed E-state index contributed by atoms with van der Waals surface area (Å²) in [7, 11) is -5.67. The molecule has 0 N–H and O–H groups in total. The van der Waals surface area contributed by atoms with Gasteiger partial charge in [-0.15, -0.1) is 0 Å². The molecule has 0 amide bonds. The minimum absolute atomic E-state index is 0.115. The third-order valence-corrected chi connectivity index (χ3v) is 5.31. The highest BCUT2D eigenvalue weighted by atomic mass is 32.2. The van der Waals surface area contributed by atoms with Crippen molar-refractivity contribution in [2.24, 2.45) is 0 Å². The number of halogens is 3. The molecular weight excluding hydrogens is 405 g/mol. The molecule has 2 aromatic carbocycles. The molecule has 8 heteroatoms. The lowest BCUT2D eigenvalue weighted by atomic mass is 10.1. The van der Waals surface area contributed by atoms with Crippen LogP contribution in [0.5, 0.6) is 11.5 Å². The fourth-order valence-electron chi connectivity index (χ4n) is 2.75. The standard InChI is InChI=1S/C21H25F3O4S/c1-3-4-5-6-7-16(2)27-19-12-8-17(9-13-19)18-10-14-20(15-11-18)28-29(25,26)21(22,23)24/h8-16H,3-7H2,1-2H3/t16-/m1/s1. The van der Waals surface area contributed by atoms with Gasteiger partial charge in [0.15, 0.2) is 0 Å². The van der Waals surface area contributed by atoms with Crippen LogP contribution >= 0.6 is 0 Å². The Kier molecular flexibility index (Phi) is 7.96. The Morgan fingerprint density at radius 1 is 0.862 bits per heavy atom. The summed E-state index contributed by atoms with van der Waals surface area (Å²) in [4.78, 5) is 0. The van der Waals surface area contributed by atoms with Crippen LogP contribution in [0.2, 0.25) is 0 Å². The molecule has 0 saturated heterocycles. The van der Waals surface area contributed by atoms with Crippen LogP contribution in [0.25, 0.3) is 11.1 Å². The smallest absolute Gasteiger partial charge is 0.491 e. The van der Waals surface area contributed by atoms with Crippen LogP contribution in [0.1, 0.15) is 46.0 Å². The zero-order valence-corrected chi connectivity index (χ0v) is 17.2. The largest absolute Gasteiger partial charge is 0.534 e. The quantitative estimate of drug-likeness (QED) is 0.251. The van der Waals surface area contributed by atoms with Gasteiger partial charge in [-0.05, 0) is 55.2 Å². The Labute approximate surface area is 169 Å². The van der Waals surface area contributed by atoms with Gasteiger partial charge in [-0.25, -0.2) is 0 Å². The fraction of sp³-hybridized carbons (Fsp3) is 0.429. The topological polar surface area (TPSA) is 52.6 Å². The van der Waals surface area contributed by atoms with E-state index in [2.05, 4.69) is 11.1 Å². The van der Waals surface area contributed by atoms with E-state index in [1.807, 2.05) is 31.2 Å². The highest BCUT2D eigenvalue weighted by Crippen LogP contribution is 2.29. The first-order valence-electron chi connectivity index (χ1n) is 9.50. The van der Waals surface area contributed by atoms with Crippen LogP contribution in [-0.2, 0) is 10.1 Å². The molecule has 0 heterocycles. The lowest BCUT2D eigenvalue weighted by Gasteiger charge is -2.15. The zero-order valence-electron chi connectivity index (χ0n) is 16.4. The van der Waals surface area contributed by atoms with Gasteiger partial charge in [0.25, 0.3) is 0 Å². The Morgan fingerprint density at radius 2 is 1.38 bits per heavy atom. The second-order valence-corrected chi connectivity index (χ2v) is 8.35. The van der Waals surface area contributed by atoms with Crippen LogP contribution < -0.4 is 8.92 Å². The van der Waals surface area contributed by atoms with Crippen LogP contribution in [-0.4, -0.2) is 20.0 Å². The van der Waals surface area contributed by atoms with Gasteiger partial charge in [-0.3, -0.25) is 0 Å². The Hall–Kier alpha value is -2.22. The summed E-state index contributed by atoms with van der Waals surface area (Å²) >= 11 is 0. The molecule has 2 rings (SSSR count). The number of hydrogen-bond donors (Lipinski definition) is 0. The summed E-state index contributed by atoms with van der Waals surface area (Å²) in [5, 5.41) is 0. The summed E-state index contributed by atoms with van der Waals surface area (Å²) in [5.74, 6) is 0.343. The molecule has 4 nitrogen and oxygen atoms in total. The predicted molar refractivity (Wildman–Crippen MR) is 106 cm³/mol. The molecular formula is C21H25F3O4S. The number of rotatable bonds is 10. The third-order valence-electron chi connectivity index (χ3n) is 4.33. The third kappa shape index (κ3) is 6.96. The van der Waals surface area contributed by atoms with Gasteiger partial charge < -0.3 is 8.92 Å². The first-order valence-corrected chi connectivity index (χ1v) is 10.9. The van der Waals surface area contributed by atoms with E-state index in [0.717, 1.165) is 24.2 Å². The van der Waals surface area contributed by atoms with Crippen molar-refractivity contribution in [3.63, 3.8) is 0 Å². The monoisotopic (exact) mass is 430 g/mol. The van der Waals surface area contributed by atoms with Gasteiger partial charge in [0.2, 0.25) is 0 Å². The van der Waals surface area contributed by atoms with Gasteiger partial charge >= 0.3 is 15.6 Å². The maximum atomic E-state index is 12.4. The maximum absolute atomic E-state index is 12.4. The summed E-state index contributed by atoms with van der Waals surface area (Å²) in [5.41, 5.74) is -3.94. The van der Waals surface area contributed by atoms with Crippen molar-refractivity contribution in [1.82, 2.24) is 0 Å². The lowest BCUT2D eigenvalue weighted by Crippen LogP contribution is -2.28. The van der Waals surface area contributed by atoms with E-state index in [0.29, 0.717) is 5.56 Å². The SMILES string of the molecule is CCCCCC[C@@H](C)Oc1ccc(-c2ccc(OS(=O)(=O)C(F)(F)F)cc2)cc1.